The molecule has 0 radical (unpaired) electrons. The van der Waals surface area contributed by atoms with E-state index in [0.29, 0.717) is 5.54 Å². The highest BCUT2D eigenvalue weighted by Crippen LogP contribution is 2.20. The molecule has 1 unspecified atom stereocenters. The van der Waals surface area contributed by atoms with Crippen molar-refractivity contribution in [2.75, 3.05) is 19.6 Å². The molecule has 1 saturated heterocycles. The van der Waals surface area contributed by atoms with Crippen LogP contribution in [0.15, 0.2) is 0 Å². The Hall–Kier alpha value is -0.0800. The standard InChI is InChI=1S/C11H24N2/c1-3-8-13-11(4-2)7-5-6-9-12-10-11/h12-13H,3-10H2,1-2H3. The Morgan fingerprint density at radius 3 is 2.85 bits per heavy atom. The van der Waals surface area contributed by atoms with Gasteiger partial charge in [0.2, 0.25) is 0 Å². The zero-order valence-electron chi connectivity index (χ0n) is 9.16. The third-order valence-corrected chi connectivity index (χ3v) is 3.15. The van der Waals surface area contributed by atoms with Crippen LogP contribution in [0.1, 0.15) is 46.0 Å². The van der Waals surface area contributed by atoms with E-state index in [4.69, 9.17) is 0 Å². The van der Waals surface area contributed by atoms with Crippen molar-refractivity contribution in [3.05, 3.63) is 0 Å². The molecule has 0 aromatic heterocycles. The summed E-state index contributed by atoms with van der Waals surface area (Å²) in [5.41, 5.74) is 0.395. The van der Waals surface area contributed by atoms with Gasteiger partial charge in [0, 0.05) is 12.1 Å². The fraction of sp³-hybridized carbons (Fsp3) is 1.00. The molecule has 1 heterocycles. The fourth-order valence-corrected chi connectivity index (χ4v) is 2.10. The molecule has 2 nitrogen and oxygen atoms in total. The Balaban J connectivity index is 2.43. The van der Waals surface area contributed by atoms with Crippen LogP contribution in [0.5, 0.6) is 0 Å². The highest BCUT2D eigenvalue weighted by molar-refractivity contribution is 4.90. The molecule has 1 fully saturated rings. The van der Waals surface area contributed by atoms with Gasteiger partial charge in [-0.2, -0.15) is 0 Å². The second-order valence-corrected chi connectivity index (χ2v) is 4.19. The van der Waals surface area contributed by atoms with Crippen LogP contribution < -0.4 is 10.6 Å². The Morgan fingerprint density at radius 2 is 2.15 bits per heavy atom. The molecular formula is C11H24N2. The average molecular weight is 184 g/mol. The topological polar surface area (TPSA) is 24.1 Å². The summed E-state index contributed by atoms with van der Waals surface area (Å²) in [6, 6.07) is 0. The molecule has 1 rings (SSSR count). The summed E-state index contributed by atoms with van der Waals surface area (Å²) < 4.78 is 0. The summed E-state index contributed by atoms with van der Waals surface area (Å²) in [4.78, 5) is 0. The molecular weight excluding hydrogens is 160 g/mol. The second-order valence-electron chi connectivity index (χ2n) is 4.19. The van der Waals surface area contributed by atoms with Crippen molar-refractivity contribution in [2.45, 2.75) is 51.5 Å². The minimum atomic E-state index is 0.395. The quantitative estimate of drug-likeness (QED) is 0.697. The van der Waals surface area contributed by atoms with E-state index >= 15 is 0 Å². The number of rotatable bonds is 4. The molecule has 0 amide bonds. The third kappa shape index (κ3) is 3.28. The van der Waals surface area contributed by atoms with Crippen molar-refractivity contribution in [2.24, 2.45) is 0 Å². The van der Waals surface area contributed by atoms with E-state index in [9.17, 15) is 0 Å². The van der Waals surface area contributed by atoms with Crippen LogP contribution >= 0.6 is 0 Å². The number of hydrogen-bond acceptors (Lipinski definition) is 2. The molecule has 0 aromatic rings. The molecule has 13 heavy (non-hydrogen) atoms. The smallest absolute Gasteiger partial charge is 0.0303 e. The van der Waals surface area contributed by atoms with Gasteiger partial charge in [-0.15, -0.1) is 0 Å². The van der Waals surface area contributed by atoms with Crippen LogP contribution in [-0.4, -0.2) is 25.2 Å². The lowest BCUT2D eigenvalue weighted by molar-refractivity contribution is 0.291. The van der Waals surface area contributed by atoms with E-state index in [0.717, 1.165) is 13.1 Å². The van der Waals surface area contributed by atoms with Gasteiger partial charge in [-0.3, -0.25) is 0 Å². The van der Waals surface area contributed by atoms with Gasteiger partial charge in [-0.05, 0) is 38.8 Å². The minimum absolute atomic E-state index is 0.395. The Bertz CT molecular complexity index is 126. The first-order valence-electron chi connectivity index (χ1n) is 5.79. The molecule has 1 aliphatic rings. The van der Waals surface area contributed by atoms with E-state index in [2.05, 4.69) is 24.5 Å². The van der Waals surface area contributed by atoms with Crippen molar-refractivity contribution in [1.29, 1.82) is 0 Å². The molecule has 78 valence electrons. The molecule has 2 heteroatoms. The fourth-order valence-electron chi connectivity index (χ4n) is 2.10. The first-order chi connectivity index (χ1) is 6.33. The molecule has 2 N–H and O–H groups in total. The SMILES string of the molecule is CCCNC1(CC)CCCCNC1. The van der Waals surface area contributed by atoms with Gasteiger partial charge in [0.25, 0.3) is 0 Å². The maximum absolute atomic E-state index is 3.71. The normalized spacial score (nSPS) is 30.0. The minimum Gasteiger partial charge on any atom is -0.315 e. The molecule has 0 bridgehead atoms. The van der Waals surface area contributed by atoms with Crippen molar-refractivity contribution in [3.8, 4) is 0 Å². The maximum Gasteiger partial charge on any atom is 0.0303 e. The Labute approximate surface area is 82.5 Å². The maximum atomic E-state index is 3.71. The van der Waals surface area contributed by atoms with Crippen LogP contribution in [0.25, 0.3) is 0 Å². The van der Waals surface area contributed by atoms with E-state index in [1.807, 2.05) is 0 Å². The lowest BCUT2D eigenvalue weighted by Crippen LogP contribution is -2.51. The number of nitrogens with one attached hydrogen (secondary N) is 2. The number of hydrogen-bond donors (Lipinski definition) is 2. The summed E-state index contributed by atoms with van der Waals surface area (Å²) in [6.45, 7) is 8.06. The first-order valence-corrected chi connectivity index (χ1v) is 5.79. The van der Waals surface area contributed by atoms with Gasteiger partial charge in [-0.25, -0.2) is 0 Å². The van der Waals surface area contributed by atoms with Crippen LogP contribution in [0, 0.1) is 0 Å². The molecule has 0 aliphatic carbocycles. The largest absolute Gasteiger partial charge is 0.315 e. The first kappa shape index (κ1) is 11.0. The van der Waals surface area contributed by atoms with E-state index < -0.39 is 0 Å². The van der Waals surface area contributed by atoms with Crippen molar-refractivity contribution in [3.63, 3.8) is 0 Å². The molecule has 1 aliphatic heterocycles. The average Bonchev–Trinajstić information content (AvgIpc) is 2.41. The Morgan fingerprint density at radius 1 is 1.31 bits per heavy atom. The van der Waals surface area contributed by atoms with Gasteiger partial charge in [0.1, 0.15) is 0 Å². The lowest BCUT2D eigenvalue weighted by atomic mass is 9.90. The highest BCUT2D eigenvalue weighted by Gasteiger charge is 2.27. The summed E-state index contributed by atoms with van der Waals surface area (Å²) in [6.07, 6.45) is 6.55. The Kier molecular flexibility index (Phi) is 4.74. The monoisotopic (exact) mass is 184 g/mol. The predicted molar refractivity (Wildman–Crippen MR) is 58.0 cm³/mol. The summed E-state index contributed by atoms with van der Waals surface area (Å²) in [5.74, 6) is 0. The zero-order chi connectivity index (χ0) is 9.57. The van der Waals surface area contributed by atoms with Gasteiger partial charge in [0.05, 0.1) is 0 Å². The van der Waals surface area contributed by atoms with E-state index in [1.165, 1.54) is 38.6 Å². The van der Waals surface area contributed by atoms with Gasteiger partial charge >= 0.3 is 0 Å². The van der Waals surface area contributed by atoms with Crippen LogP contribution in [0.4, 0.5) is 0 Å². The zero-order valence-corrected chi connectivity index (χ0v) is 9.16. The van der Waals surface area contributed by atoms with Gasteiger partial charge in [0.15, 0.2) is 0 Å². The summed E-state index contributed by atoms with van der Waals surface area (Å²) >= 11 is 0. The second kappa shape index (κ2) is 5.61. The van der Waals surface area contributed by atoms with Crippen LogP contribution in [0.2, 0.25) is 0 Å². The third-order valence-electron chi connectivity index (χ3n) is 3.15. The van der Waals surface area contributed by atoms with Crippen molar-refractivity contribution >= 4 is 0 Å². The van der Waals surface area contributed by atoms with Gasteiger partial charge < -0.3 is 10.6 Å². The molecule has 1 atom stereocenters. The molecule has 0 aromatic carbocycles. The lowest BCUT2D eigenvalue weighted by Gasteiger charge is -2.33. The van der Waals surface area contributed by atoms with E-state index in [-0.39, 0.29) is 0 Å². The summed E-state index contributed by atoms with van der Waals surface area (Å²) in [7, 11) is 0. The van der Waals surface area contributed by atoms with E-state index in [1.54, 1.807) is 0 Å². The molecule has 0 saturated carbocycles. The van der Waals surface area contributed by atoms with Crippen molar-refractivity contribution in [1.82, 2.24) is 10.6 Å². The highest BCUT2D eigenvalue weighted by atomic mass is 15.0. The van der Waals surface area contributed by atoms with Crippen LogP contribution in [0.3, 0.4) is 0 Å². The predicted octanol–water partition coefficient (Wildman–Crippen LogP) is 1.91. The van der Waals surface area contributed by atoms with Crippen molar-refractivity contribution < 1.29 is 0 Å². The van der Waals surface area contributed by atoms with Crippen LogP contribution in [-0.2, 0) is 0 Å². The molecule has 0 spiro atoms. The van der Waals surface area contributed by atoms with Gasteiger partial charge in [-0.1, -0.05) is 20.3 Å². The summed E-state index contributed by atoms with van der Waals surface area (Å²) in [5, 5.41) is 7.25.